The fraction of sp³-hybridized carbons (Fsp3) is 0.533. The number of hydrogen-bond acceptors (Lipinski definition) is 3. The molecule has 3 N–H and O–H groups in total. The molecule has 0 saturated heterocycles. The molecule has 0 saturated carbocycles. The number of anilines is 1. The molecule has 0 aliphatic rings. The summed E-state index contributed by atoms with van der Waals surface area (Å²) < 4.78 is 46.2. The van der Waals surface area contributed by atoms with Gasteiger partial charge in [0, 0.05) is 6.61 Å². The second-order valence-corrected chi connectivity index (χ2v) is 5.23. The van der Waals surface area contributed by atoms with E-state index in [-0.39, 0.29) is 17.4 Å². The topological polar surface area (TPSA) is 68.9 Å². The van der Waals surface area contributed by atoms with Crippen molar-refractivity contribution < 1.29 is 22.6 Å². The number of nitrogens with zero attached hydrogens (tertiary/aromatic N) is 1. The average molecular weight is 333 g/mol. The van der Waals surface area contributed by atoms with Crippen molar-refractivity contribution in [3.8, 4) is 5.75 Å². The highest BCUT2D eigenvalue weighted by atomic mass is 19.4. The van der Waals surface area contributed by atoms with Gasteiger partial charge in [-0.1, -0.05) is 26.0 Å². The number of nitrogens with two attached hydrogens (primary N) is 1. The lowest BCUT2D eigenvalue weighted by molar-refractivity contribution is -0.274. The Kier molecular flexibility index (Phi) is 7.67. The van der Waals surface area contributed by atoms with Crippen LogP contribution in [0.25, 0.3) is 0 Å². The molecule has 0 unspecified atom stereocenters. The molecule has 0 fully saturated rings. The number of benzene rings is 1. The van der Waals surface area contributed by atoms with Crippen molar-refractivity contribution in [2.75, 3.05) is 25.1 Å². The van der Waals surface area contributed by atoms with Gasteiger partial charge in [0.15, 0.2) is 11.7 Å². The average Bonchev–Trinajstić information content (AvgIpc) is 2.43. The maximum atomic E-state index is 12.3. The smallest absolute Gasteiger partial charge is 0.404 e. The lowest BCUT2D eigenvalue weighted by Crippen LogP contribution is -2.25. The van der Waals surface area contributed by atoms with Crippen LogP contribution in [0.2, 0.25) is 0 Å². The predicted octanol–water partition coefficient (Wildman–Crippen LogP) is 3.37. The van der Waals surface area contributed by atoms with E-state index in [2.05, 4.69) is 28.9 Å². The van der Waals surface area contributed by atoms with E-state index in [0.29, 0.717) is 25.7 Å². The summed E-state index contributed by atoms with van der Waals surface area (Å²) in [5.41, 5.74) is 5.74. The highest BCUT2D eigenvalue weighted by Crippen LogP contribution is 2.29. The summed E-state index contributed by atoms with van der Waals surface area (Å²) in [6.07, 6.45) is -3.81. The van der Waals surface area contributed by atoms with Crippen molar-refractivity contribution in [1.82, 2.24) is 0 Å². The van der Waals surface area contributed by atoms with Gasteiger partial charge in [0.1, 0.15) is 0 Å². The zero-order chi connectivity index (χ0) is 17.3. The van der Waals surface area contributed by atoms with Crippen molar-refractivity contribution in [3.63, 3.8) is 0 Å². The van der Waals surface area contributed by atoms with Crippen LogP contribution in [-0.2, 0) is 4.74 Å². The first-order chi connectivity index (χ1) is 10.8. The summed E-state index contributed by atoms with van der Waals surface area (Å²) in [6, 6.07) is 5.61. The third-order valence-electron chi connectivity index (χ3n) is 2.73. The number of para-hydroxylation sites is 2. The van der Waals surface area contributed by atoms with Gasteiger partial charge in [-0.2, -0.15) is 0 Å². The largest absolute Gasteiger partial charge is 0.573 e. The van der Waals surface area contributed by atoms with E-state index in [0.717, 1.165) is 6.42 Å². The minimum absolute atomic E-state index is 0.00400. The molecule has 0 aliphatic carbocycles. The highest BCUT2D eigenvalue weighted by molar-refractivity contribution is 5.93. The molecule has 1 aromatic rings. The van der Waals surface area contributed by atoms with Crippen LogP contribution in [0.4, 0.5) is 18.9 Å². The number of alkyl halides is 3. The van der Waals surface area contributed by atoms with Crippen LogP contribution >= 0.6 is 0 Å². The Morgan fingerprint density at radius 1 is 1.26 bits per heavy atom. The quantitative estimate of drug-likeness (QED) is 0.435. The standard InChI is InChI=1S/C15H22F3N3O2/c1-11(2)7-9-22-10-8-20-14(19)21-12-5-3-4-6-13(12)23-15(16,17)18/h3-6,11H,7-10H2,1-2H3,(H3,19,20,21). The minimum atomic E-state index is -4.77. The summed E-state index contributed by atoms with van der Waals surface area (Å²) in [5.74, 6) is 0.192. The van der Waals surface area contributed by atoms with E-state index in [9.17, 15) is 13.2 Å². The molecule has 0 radical (unpaired) electrons. The van der Waals surface area contributed by atoms with E-state index in [4.69, 9.17) is 10.5 Å². The number of nitrogens with one attached hydrogen (secondary N) is 1. The molecule has 0 aromatic heterocycles. The first-order valence-corrected chi connectivity index (χ1v) is 7.27. The van der Waals surface area contributed by atoms with Gasteiger partial charge in [0.2, 0.25) is 0 Å². The molecular formula is C15H22F3N3O2. The monoisotopic (exact) mass is 333 g/mol. The number of guanidine groups is 1. The van der Waals surface area contributed by atoms with Crippen LogP contribution in [0.3, 0.4) is 0 Å². The molecule has 130 valence electrons. The lowest BCUT2D eigenvalue weighted by Gasteiger charge is -2.14. The van der Waals surface area contributed by atoms with Crippen LogP contribution < -0.4 is 15.8 Å². The Morgan fingerprint density at radius 3 is 2.61 bits per heavy atom. The molecule has 5 nitrogen and oxygen atoms in total. The number of halogens is 3. The second kappa shape index (κ2) is 9.24. The van der Waals surface area contributed by atoms with Crippen LogP contribution in [0, 0.1) is 5.92 Å². The Labute approximate surface area is 133 Å². The van der Waals surface area contributed by atoms with Crippen LogP contribution in [0.5, 0.6) is 5.75 Å². The van der Waals surface area contributed by atoms with Gasteiger partial charge < -0.3 is 20.5 Å². The Balaban J connectivity index is 2.47. The number of ether oxygens (including phenoxy) is 2. The van der Waals surface area contributed by atoms with Crippen LogP contribution in [-0.4, -0.2) is 32.1 Å². The molecular weight excluding hydrogens is 311 g/mol. The first kappa shape index (κ1) is 19.1. The third kappa shape index (κ3) is 8.92. The van der Waals surface area contributed by atoms with E-state index in [1.165, 1.54) is 18.2 Å². The number of rotatable bonds is 8. The molecule has 1 rings (SSSR count). The van der Waals surface area contributed by atoms with Gasteiger partial charge in [-0.25, -0.2) is 0 Å². The first-order valence-electron chi connectivity index (χ1n) is 7.27. The lowest BCUT2D eigenvalue weighted by atomic mass is 10.1. The van der Waals surface area contributed by atoms with Gasteiger partial charge in [-0.05, 0) is 24.5 Å². The van der Waals surface area contributed by atoms with Crippen molar-refractivity contribution in [1.29, 1.82) is 0 Å². The minimum Gasteiger partial charge on any atom is -0.404 e. The van der Waals surface area contributed by atoms with Crippen LogP contribution in [0.1, 0.15) is 20.3 Å². The fourth-order valence-corrected chi connectivity index (χ4v) is 1.61. The van der Waals surface area contributed by atoms with Gasteiger partial charge in [0.25, 0.3) is 0 Å². The number of aliphatic imine (C=N–C) groups is 1. The summed E-state index contributed by atoms with van der Waals surface area (Å²) >= 11 is 0. The summed E-state index contributed by atoms with van der Waals surface area (Å²) in [5, 5.41) is 2.59. The Morgan fingerprint density at radius 2 is 1.96 bits per heavy atom. The maximum absolute atomic E-state index is 12.3. The van der Waals surface area contributed by atoms with Gasteiger partial charge in [-0.15, -0.1) is 13.2 Å². The predicted molar refractivity (Wildman–Crippen MR) is 83.5 cm³/mol. The van der Waals surface area contributed by atoms with Crippen molar-refractivity contribution in [2.45, 2.75) is 26.6 Å². The zero-order valence-corrected chi connectivity index (χ0v) is 13.2. The summed E-state index contributed by atoms with van der Waals surface area (Å²) in [4.78, 5) is 4.00. The summed E-state index contributed by atoms with van der Waals surface area (Å²) in [6.45, 7) is 5.56. The molecule has 8 heteroatoms. The molecule has 23 heavy (non-hydrogen) atoms. The Hall–Kier alpha value is -1.96. The van der Waals surface area contributed by atoms with E-state index >= 15 is 0 Å². The molecule has 1 aromatic carbocycles. The van der Waals surface area contributed by atoms with Gasteiger partial charge in [-0.3, -0.25) is 4.99 Å². The normalized spacial score (nSPS) is 12.5. The maximum Gasteiger partial charge on any atom is 0.573 e. The van der Waals surface area contributed by atoms with E-state index < -0.39 is 6.36 Å². The van der Waals surface area contributed by atoms with Gasteiger partial charge >= 0.3 is 6.36 Å². The van der Waals surface area contributed by atoms with Crippen molar-refractivity contribution in [2.24, 2.45) is 16.6 Å². The van der Waals surface area contributed by atoms with Crippen LogP contribution in [0.15, 0.2) is 29.3 Å². The molecule has 0 aliphatic heterocycles. The van der Waals surface area contributed by atoms with Gasteiger partial charge in [0.05, 0.1) is 18.8 Å². The highest BCUT2D eigenvalue weighted by Gasteiger charge is 2.32. The van der Waals surface area contributed by atoms with Crippen molar-refractivity contribution >= 4 is 11.6 Å². The van der Waals surface area contributed by atoms with Crippen molar-refractivity contribution in [3.05, 3.63) is 24.3 Å². The molecule has 0 amide bonds. The second-order valence-electron chi connectivity index (χ2n) is 5.23. The zero-order valence-electron chi connectivity index (χ0n) is 13.2. The summed E-state index contributed by atoms with van der Waals surface area (Å²) in [7, 11) is 0. The molecule has 0 heterocycles. The molecule has 0 atom stereocenters. The SMILES string of the molecule is CC(C)CCOCCN=C(N)Nc1ccccc1OC(F)(F)F. The fourth-order valence-electron chi connectivity index (χ4n) is 1.61. The van der Waals surface area contributed by atoms with E-state index in [1.54, 1.807) is 6.07 Å². The van der Waals surface area contributed by atoms with E-state index in [1.807, 2.05) is 0 Å². The third-order valence-corrected chi connectivity index (χ3v) is 2.73. The number of hydrogen-bond donors (Lipinski definition) is 2. The molecule has 0 bridgehead atoms. The molecule has 0 spiro atoms. The Bertz CT molecular complexity index is 505.